The first kappa shape index (κ1) is 3.94. The molecule has 0 spiro atoms. The highest BCUT2D eigenvalue weighted by molar-refractivity contribution is 5.10. The Hall–Kier alpha value is -1.23. The minimum Gasteiger partial charge on any atom is -0.439 e. The Morgan fingerprint density at radius 1 is 1.86 bits per heavy atom. The van der Waals surface area contributed by atoms with Crippen LogP contribution in [0.1, 0.15) is 5.89 Å². The molecule has 1 aromatic rings. The van der Waals surface area contributed by atoms with Gasteiger partial charge >= 0.3 is 0 Å². The van der Waals surface area contributed by atoms with Crippen molar-refractivity contribution in [3.05, 3.63) is 18.4 Å². The summed E-state index contributed by atoms with van der Waals surface area (Å²) >= 11 is 0. The lowest BCUT2D eigenvalue weighted by Gasteiger charge is -1.67. The van der Waals surface area contributed by atoms with Crippen molar-refractivity contribution >= 4 is 0 Å². The van der Waals surface area contributed by atoms with Crippen LogP contribution in [0.25, 0.3) is 0 Å². The molecule has 0 fully saturated rings. The van der Waals surface area contributed by atoms with Gasteiger partial charge in [0.15, 0.2) is 0 Å². The van der Waals surface area contributed by atoms with Gasteiger partial charge in [-0.25, -0.2) is 4.98 Å². The number of nitrogens with zero attached hydrogens (tertiary/aromatic N) is 1. The zero-order valence-corrected chi connectivity index (χ0v) is 3.59. The summed E-state index contributed by atoms with van der Waals surface area (Å²) in [5, 5.41) is 0. The molecule has 7 heavy (non-hydrogen) atoms. The summed E-state index contributed by atoms with van der Waals surface area (Å²) in [7, 11) is 0. The van der Waals surface area contributed by atoms with Crippen LogP contribution in [0.5, 0.6) is 0 Å². The van der Waals surface area contributed by atoms with E-state index < -0.39 is 0 Å². The van der Waals surface area contributed by atoms with Crippen molar-refractivity contribution in [1.82, 2.24) is 4.98 Å². The molecule has 0 N–H and O–H groups in total. The van der Waals surface area contributed by atoms with Gasteiger partial charge in [0.25, 0.3) is 5.89 Å². The largest absolute Gasteiger partial charge is 0.439 e. The SMILES string of the molecule is C#Cc1ncco1. The van der Waals surface area contributed by atoms with Crippen LogP contribution in [0.15, 0.2) is 16.9 Å². The maximum Gasteiger partial charge on any atom is 0.272 e. The van der Waals surface area contributed by atoms with E-state index in [1.807, 2.05) is 0 Å². The Balaban J connectivity index is 3.04. The maximum atomic E-state index is 4.89. The van der Waals surface area contributed by atoms with Gasteiger partial charge in [-0.3, -0.25) is 0 Å². The van der Waals surface area contributed by atoms with Gasteiger partial charge in [-0.1, -0.05) is 0 Å². The van der Waals surface area contributed by atoms with Crippen molar-refractivity contribution in [3.63, 3.8) is 0 Å². The number of aromatic nitrogens is 1. The molecular weight excluding hydrogens is 90.1 g/mol. The van der Waals surface area contributed by atoms with Crippen molar-refractivity contribution in [2.45, 2.75) is 0 Å². The Bertz CT molecular complexity index is 170. The van der Waals surface area contributed by atoms with Gasteiger partial charge in [-0.05, 0) is 5.92 Å². The van der Waals surface area contributed by atoms with Crippen molar-refractivity contribution in [2.24, 2.45) is 0 Å². The number of terminal acetylenes is 1. The highest BCUT2D eigenvalue weighted by Crippen LogP contribution is 1.87. The van der Waals surface area contributed by atoms with Crippen LogP contribution in [-0.4, -0.2) is 4.98 Å². The topological polar surface area (TPSA) is 26.0 Å². The third-order valence-electron chi connectivity index (χ3n) is 0.556. The Labute approximate surface area is 41.2 Å². The van der Waals surface area contributed by atoms with E-state index in [2.05, 4.69) is 15.3 Å². The standard InChI is InChI=1S/C5H3NO/c1-2-5-6-3-4-7-5/h1,3-4H. The molecule has 0 atom stereocenters. The van der Waals surface area contributed by atoms with Gasteiger partial charge in [0.1, 0.15) is 6.26 Å². The molecule has 0 unspecified atom stereocenters. The first-order chi connectivity index (χ1) is 3.43. The van der Waals surface area contributed by atoms with Crippen LogP contribution in [-0.2, 0) is 0 Å². The molecule has 0 radical (unpaired) electrons. The van der Waals surface area contributed by atoms with Crippen molar-refractivity contribution in [3.8, 4) is 12.3 Å². The summed E-state index contributed by atoms with van der Waals surface area (Å²) in [6.45, 7) is 0. The van der Waals surface area contributed by atoms with Crippen LogP contribution in [0.2, 0.25) is 0 Å². The number of rotatable bonds is 0. The minimum atomic E-state index is 0.333. The van der Waals surface area contributed by atoms with E-state index in [1.54, 1.807) is 0 Å². The fourth-order valence-corrected chi connectivity index (χ4v) is 0.295. The molecule has 34 valence electrons. The summed E-state index contributed by atoms with van der Waals surface area (Å²) in [5.41, 5.74) is 0. The zero-order chi connectivity index (χ0) is 5.11. The molecule has 0 saturated carbocycles. The van der Waals surface area contributed by atoms with E-state index in [0.717, 1.165) is 0 Å². The van der Waals surface area contributed by atoms with Gasteiger partial charge in [0.2, 0.25) is 0 Å². The van der Waals surface area contributed by atoms with Gasteiger partial charge in [-0.15, -0.1) is 6.42 Å². The van der Waals surface area contributed by atoms with Crippen LogP contribution < -0.4 is 0 Å². The average Bonchev–Trinajstić information content (AvgIpc) is 2.14. The van der Waals surface area contributed by atoms with Gasteiger partial charge in [0, 0.05) is 0 Å². The molecule has 1 aromatic heterocycles. The Kier molecular flexibility index (Phi) is 0.833. The number of oxazole rings is 1. The molecule has 0 aliphatic rings. The fourth-order valence-electron chi connectivity index (χ4n) is 0.295. The van der Waals surface area contributed by atoms with Crippen LogP contribution in [0.3, 0.4) is 0 Å². The minimum absolute atomic E-state index is 0.333. The third-order valence-corrected chi connectivity index (χ3v) is 0.556. The van der Waals surface area contributed by atoms with E-state index in [1.165, 1.54) is 12.5 Å². The second-order valence-corrected chi connectivity index (χ2v) is 0.982. The highest BCUT2D eigenvalue weighted by atomic mass is 16.3. The molecule has 1 heterocycles. The highest BCUT2D eigenvalue weighted by Gasteiger charge is 1.82. The molecule has 0 amide bonds. The number of hydrogen-bond acceptors (Lipinski definition) is 2. The van der Waals surface area contributed by atoms with E-state index in [9.17, 15) is 0 Å². The lowest BCUT2D eigenvalue weighted by molar-refractivity contribution is 0.543. The second-order valence-electron chi connectivity index (χ2n) is 0.982. The average molecular weight is 93.1 g/mol. The smallest absolute Gasteiger partial charge is 0.272 e. The predicted octanol–water partition coefficient (Wildman–Crippen LogP) is 0.656. The summed E-state index contributed by atoms with van der Waals surface area (Å²) in [5.74, 6) is 2.56. The number of hydrogen-bond donors (Lipinski definition) is 0. The second kappa shape index (κ2) is 1.48. The van der Waals surface area contributed by atoms with Crippen molar-refractivity contribution in [1.29, 1.82) is 0 Å². The lowest BCUT2D eigenvalue weighted by atomic mass is 10.7. The van der Waals surface area contributed by atoms with E-state index in [-0.39, 0.29) is 0 Å². The van der Waals surface area contributed by atoms with E-state index >= 15 is 0 Å². The lowest BCUT2D eigenvalue weighted by Crippen LogP contribution is -1.64. The molecule has 0 aliphatic heterocycles. The summed E-state index contributed by atoms with van der Waals surface area (Å²) in [6.07, 6.45) is 7.84. The van der Waals surface area contributed by atoms with Crippen molar-refractivity contribution < 1.29 is 4.42 Å². The van der Waals surface area contributed by atoms with E-state index in [4.69, 9.17) is 6.42 Å². The molecule has 2 nitrogen and oxygen atoms in total. The van der Waals surface area contributed by atoms with Gasteiger partial charge in [0.05, 0.1) is 6.20 Å². The third kappa shape index (κ3) is 0.606. The van der Waals surface area contributed by atoms with Gasteiger partial charge in [-0.2, -0.15) is 0 Å². The van der Waals surface area contributed by atoms with E-state index in [0.29, 0.717) is 5.89 Å². The van der Waals surface area contributed by atoms with Crippen LogP contribution >= 0.6 is 0 Å². The predicted molar refractivity (Wildman–Crippen MR) is 24.4 cm³/mol. The summed E-state index contributed by atoms with van der Waals surface area (Å²) < 4.78 is 4.64. The Morgan fingerprint density at radius 2 is 2.71 bits per heavy atom. The molecule has 1 rings (SSSR count). The molecule has 0 aliphatic carbocycles. The fraction of sp³-hybridized carbons (Fsp3) is 0. The van der Waals surface area contributed by atoms with Crippen molar-refractivity contribution in [2.75, 3.05) is 0 Å². The molecule has 0 aromatic carbocycles. The molecule has 0 saturated heterocycles. The normalized spacial score (nSPS) is 7.86. The van der Waals surface area contributed by atoms with Crippen LogP contribution in [0.4, 0.5) is 0 Å². The quantitative estimate of drug-likeness (QED) is 0.440. The Morgan fingerprint density at radius 3 is 3.00 bits per heavy atom. The molecular formula is C5H3NO. The maximum absolute atomic E-state index is 4.89. The molecule has 2 heteroatoms. The van der Waals surface area contributed by atoms with Crippen LogP contribution in [0, 0.1) is 12.3 Å². The molecule has 0 bridgehead atoms. The zero-order valence-electron chi connectivity index (χ0n) is 3.59. The van der Waals surface area contributed by atoms with Gasteiger partial charge < -0.3 is 4.42 Å². The monoisotopic (exact) mass is 93.0 g/mol. The summed E-state index contributed by atoms with van der Waals surface area (Å²) in [4.78, 5) is 3.63. The first-order valence-corrected chi connectivity index (χ1v) is 1.79. The first-order valence-electron chi connectivity index (χ1n) is 1.79. The summed E-state index contributed by atoms with van der Waals surface area (Å²) in [6, 6.07) is 0.